The van der Waals surface area contributed by atoms with Gasteiger partial charge in [-0.25, -0.2) is 0 Å². The van der Waals surface area contributed by atoms with E-state index in [4.69, 9.17) is 5.73 Å². The third-order valence-electron chi connectivity index (χ3n) is 2.20. The SMILES string of the molecule is NCCn1c(Br)cc2cccc(O)c21. The van der Waals surface area contributed by atoms with Crippen molar-refractivity contribution in [3.05, 3.63) is 28.9 Å². The highest BCUT2D eigenvalue weighted by Crippen LogP contribution is 2.30. The molecule has 0 aliphatic rings. The largest absolute Gasteiger partial charge is 0.506 e. The van der Waals surface area contributed by atoms with Crippen LogP contribution in [0.15, 0.2) is 28.9 Å². The lowest BCUT2D eigenvalue weighted by molar-refractivity contribution is 0.477. The van der Waals surface area contributed by atoms with E-state index in [2.05, 4.69) is 15.9 Å². The molecule has 0 atom stereocenters. The van der Waals surface area contributed by atoms with E-state index in [1.807, 2.05) is 22.8 Å². The number of rotatable bonds is 2. The molecule has 2 aromatic rings. The van der Waals surface area contributed by atoms with Crippen molar-refractivity contribution in [2.75, 3.05) is 6.54 Å². The molecule has 1 aromatic carbocycles. The lowest BCUT2D eigenvalue weighted by Gasteiger charge is -2.05. The molecule has 0 spiro atoms. The maximum atomic E-state index is 9.71. The van der Waals surface area contributed by atoms with Gasteiger partial charge in [0.1, 0.15) is 5.75 Å². The van der Waals surface area contributed by atoms with Crippen LogP contribution < -0.4 is 5.73 Å². The minimum absolute atomic E-state index is 0.293. The smallest absolute Gasteiger partial charge is 0.139 e. The third-order valence-corrected chi connectivity index (χ3v) is 2.86. The van der Waals surface area contributed by atoms with Crippen molar-refractivity contribution in [1.29, 1.82) is 0 Å². The monoisotopic (exact) mass is 254 g/mol. The van der Waals surface area contributed by atoms with E-state index >= 15 is 0 Å². The summed E-state index contributed by atoms with van der Waals surface area (Å²) in [5.74, 6) is 0.293. The van der Waals surface area contributed by atoms with Gasteiger partial charge in [-0.2, -0.15) is 0 Å². The van der Waals surface area contributed by atoms with Gasteiger partial charge < -0.3 is 15.4 Å². The predicted molar refractivity (Wildman–Crippen MR) is 60.4 cm³/mol. The van der Waals surface area contributed by atoms with Gasteiger partial charge in [-0.3, -0.25) is 0 Å². The van der Waals surface area contributed by atoms with Crippen LogP contribution in [-0.4, -0.2) is 16.2 Å². The van der Waals surface area contributed by atoms with Crippen molar-refractivity contribution in [2.45, 2.75) is 6.54 Å². The summed E-state index contributed by atoms with van der Waals surface area (Å²) in [5, 5.41) is 10.7. The maximum absolute atomic E-state index is 9.71. The first-order valence-electron chi connectivity index (χ1n) is 4.41. The van der Waals surface area contributed by atoms with Crippen LogP contribution in [0, 0.1) is 0 Å². The van der Waals surface area contributed by atoms with Gasteiger partial charge in [-0.1, -0.05) is 12.1 Å². The van der Waals surface area contributed by atoms with E-state index in [1.54, 1.807) is 6.07 Å². The number of phenols is 1. The van der Waals surface area contributed by atoms with Gasteiger partial charge in [0.25, 0.3) is 0 Å². The molecule has 4 heteroatoms. The van der Waals surface area contributed by atoms with Crippen molar-refractivity contribution in [2.24, 2.45) is 5.73 Å². The third kappa shape index (κ3) is 1.40. The molecule has 0 amide bonds. The van der Waals surface area contributed by atoms with Crippen molar-refractivity contribution >= 4 is 26.8 Å². The highest BCUT2D eigenvalue weighted by molar-refractivity contribution is 9.10. The van der Waals surface area contributed by atoms with E-state index < -0.39 is 0 Å². The topological polar surface area (TPSA) is 51.2 Å². The Hall–Kier alpha value is -1.00. The first-order chi connectivity index (χ1) is 6.74. The van der Waals surface area contributed by atoms with E-state index in [0.29, 0.717) is 18.8 Å². The Bertz CT molecular complexity index is 464. The van der Waals surface area contributed by atoms with Crippen LogP contribution in [0.25, 0.3) is 10.9 Å². The second-order valence-electron chi connectivity index (χ2n) is 3.12. The highest BCUT2D eigenvalue weighted by atomic mass is 79.9. The molecule has 1 aromatic heterocycles. The molecule has 0 aliphatic carbocycles. The number of halogens is 1. The molecule has 0 aliphatic heterocycles. The predicted octanol–water partition coefficient (Wildman–Crippen LogP) is 2.07. The molecule has 3 nitrogen and oxygen atoms in total. The van der Waals surface area contributed by atoms with Gasteiger partial charge in [0.05, 0.1) is 10.1 Å². The molecule has 2 rings (SSSR count). The van der Waals surface area contributed by atoms with E-state index in [9.17, 15) is 5.11 Å². The van der Waals surface area contributed by atoms with Crippen LogP contribution in [0.3, 0.4) is 0 Å². The summed E-state index contributed by atoms with van der Waals surface area (Å²) in [6.45, 7) is 1.25. The van der Waals surface area contributed by atoms with Gasteiger partial charge in [0.15, 0.2) is 0 Å². The molecule has 14 heavy (non-hydrogen) atoms. The fourth-order valence-corrected chi connectivity index (χ4v) is 2.22. The number of para-hydroxylation sites is 1. The van der Waals surface area contributed by atoms with Crippen LogP contribution in [-0.2, 0) is 6.54 Å². The number of aromatic hydroxyl groups is 1. The lowest BCUT2D eigenvalue weighted by atomic mass is 10.2. The molecule has 0 fully saturated rings. The zero-order chi connectivity index (χ0) is 10.1. The van der Waals surface area contributed by atoms with Crippen LogP contribution >= 0.6 is 15.9 Å². The first-order valence-corrected chi connectivity index (χ1v) is 5.20. The molecular weight excluding hydrogens is 244 g/mol. The molecule has 0 unspecified atom stereocenters. The Morgan fingerprint density at radius 2 is 2.21 bits per heavy atom. The Morgan fingerprint density at radius 3 is 2.93 bits per heavy atom. The number of hydrogen-bond acceptors (Lipinski definition) is 2. The maximum Gasteiger partial charge on any atom is 0.139 e. The lowest BCUT2D eigenvalue weighted by Crippen LogP contribution is -2.09. The molecule has 0 radical (unpaired) electrons. The Morgan fingerprint density at radius 1 is 1.43 bits per heavy atom. The summed E-state index contributed by atoms with van der Waals surface area (Å²) in [5.41, 5.74) is 6.34. The van der Waals surface area contributed by atoms with Gasteiger partial charge in [0, 0.05) is 18.5 Å². The van der Waals surface area contributed by atoms with Crippen LogP contribution in [0.1, 0.15) is 0 Å². The van der Waals surface area contributed by atoms with Crippen LogP contribution in [0.4, 0.5) is 0 Å². The number of benzene rings is 1. The van der Waals surface area contributed by atoms with Crippen molar-refractivity contribution in [1.82, 2.24) is 4.57 Å². The second-order valence-corrected chi connectivity index (χ2v) is 3.93. The minimum atomic E-state index is 0.293. The number of aromatic nitrogens is 1. The van der Waals surface area contributed by atoms with Crippen molar-refractivity contribution in [3.8, 4) is 5.75 Å². The summed E-state index contributed by atoms with van der Waals surface area (Å²) in [6, 6.07) is 7.45. The second kappa shape index (κ2) is 3.63. The Labute approximate surface area is 90.3 Å². The molecule has 1 heterocycles. The normalized spacial score (nSPS) is 11.0. The average Bonchev–Trinajstić information content (AvgIpc) is 2.45. The van der Waals surface area contributed by atoms with E-state index in [1.165, 1.54) is 0 Å². The fraction of sp³-hybridized carbons (Fsp3) is 0.200. The Balaban J connectivity index is 2.73. The molecule has 3 N–H and O–H groups in total. The van der Waals surface area contributed by atoms with Crippen LogP contribution in [0.5, 0.6) is 5.75 Å². The standard InChI is InChI=1S/C10H11BrN2O/c11-9-6-7-2-1-3-8(14)10(7)13(9)5-4-12/h1-3,6,14H,4-5,12H2. The van der Waals surface area contributed by atoms with Gasteiger partial charge >= 0.3 is 0 Å². The summed E-state index contributed by atoms with van der Waals surface area (Å²) in [7, 11) is 0. The minimum Gasteiger partial charge on any atom is -0.506 e. The highest BCUT2D eigenvalue weighted by Gasteiger charge is 2.08. The molecule has 0 saturated carbocycles. The number of hydrogen-bond donors (Lipinski definition) is 2. The van der Waals surface area contributed by atoms with E-state index in [0.717, 1.165) is 15.5 Å². The van der Waals surface area contributed by atoms with Gasteiger partial charge in [0.2, 0.25) is 0 Å². The summed E-state index contributed by atoms with van der Waals surface area (Å²) >= 11 is 3.44. The molecular formula is C10H11BrN2O. The quantitative estimate of drug-likeness (QED) is 0.863. The summed E-state index contributed by atoms with van der Waals surface area (Å²) < 4.78 is 2.91. The van der Waals surface area contributed by atoms with Crippen LogP contribution in [0.2, 0.25) is 0 Å². The number of nitrogens with zero attached hydrogens (tertiary/aromatic N) is 1. The molecule has 0 bridgehead atoms. The fourth-order valence-electron chi connectivity index (χ4n) is 1.62. The average molecular weight is 255 g/mol. The van der Waals surface area contributed by atoms with Gasteiger partial charge in [-0.15, -0.1) is 0 Å². The zero-order valence-corrected chi connectivity index (χ0v) is 9.16. The molecule has 0 saturated heterocycles. The van der Waals surface area contributed by atoms with Crippen molar-refractivity contribution in [3.63, 3.8) is 0 Å². The van der Waals surface area contributed by atoms with Crippen molar-refractivity contribution < 1.29 is 5.11 Å². The summed E-state index contributed by atoms with van der Waals surface area (Å²) in [4.78, 5) is 0. The Kier molecular flexibility index (Phi) is 2.48. The van der Waals surface area contributed by atoms with Gasteiger partial charge in [-0.05, 0) is 28.1 Å². The van der Waals surface area contributed by atoms with E-state index in [-0.39, 0.29) is 0 Å². The number of nitrogens with two attached hydrogens (primary N) is 1. The number of phenolic OH excluding ortho intramolecular Hbond substituents is 1. The zero-order valence-electron chi connectivity index (χ0n) is 7.57. The summed E-state index contributed by atoms with van der Waals surface area (Å²) in [6.07, 6.45) is 0. The first kappa shape index (κ1) is 9.55. The number of fused-ring (bicyclic) bond motifs is 1. The molecule has 74 valence electrons.